The van der Waals surface area contributed by atoms with Crippen molar-refractivity contribution in [2.45, 2.75) is 187 Å². The lowest BCUT2D eigenvalue weighted by Gasteiger charge is -2.21. The number of nitrogens with one attached hydrogen (secondary N) is 1. The van der Waals surface area contributed by atoms with Crippen LogP contribution in [-0.2, 0) is 14.9 Å². The number of aliphatic hydroxyl groups excluding tert-OH is 1. The van der Waals surface area contributed by atoms with Gasteiger partial charge in [-0.05, 0) is 32.1 Å². The number of hydrogen-bond donors (Lipinski definition) is 3. The predicted octanol–water partition coefficient (Wildman–Crippen LogP) is 9.62. The first-order valence-corrected chi connectivity index (χ1v) is 19.1. The van der Waals surface area contributed by atoms with Crippen molar-refractivity contribution < 1.29 is 22.9 Å². The lowest BCUT2D eigenvalue weighted by atomic mass is 10.0. The van der Waals surface area contributed by atoms with Crippen LogP contribution in [0.15, 0.2) is 24.3 Å². The Labute approximate surface area is 260 Å². The Hall–Kier alpha value is -1.18. The molecule has 0 aliphatic rings. The van der Waals surface area contributed by atoms with Gasteiger partial charge >= 0.3 is 0 Å². The van der Waals surface area contributed by atoms with Gasteiger partial charge in [0, 0.05) is 6.42 Å². The summed E-state index contributed by atoms with van der Waals surface area (Å²) in [5.41, 5.74) is 0. The van der Waals surface area contributed by atoms with Crippen LogP contribution in [0.25, 0.3) is 0 Å². The fourth-order valence-electron chi connectivity index (χ4n) is 5.23. The zero-order chi connectivity index (χ0) is 31.2. The molecule has 0 aromatic carbocycles. The zero-order valence-electron chi connectivity index (χ0n) is 27.4. The van der Waals surface area contributed by atoms with Crippen LogP contribution >= 0.6 is 0 Å². The van der Waals surface area contributed by atoms with Gasteiger partial charge in [0.2, 0.25) is 5.91 Å². The van der Waals surface area contributed by atoms with E-state index in [4.69, 9.17) is 0 Å². The zero-order valence-corrected chi connectivity index (χ0v) is 28.2. The predicted molar refractivity (Wildman–Crippen MR) is 179 cm³/mol. The summed E-state index contributed by atoms with van der Waals surface area (Å²) in [7, 11) is -4.34. The maximum Gasteiger partial charge on any atom is 0.267 e. The van der Waals surface area contributed by atoms with Gasteiger partial charge in [0.25, 0.3) is 10.1 Å². The third-order valence-corrected chi connectivity index (χ3v) is 8.66. The van der Waals surface area contributed by atoms with E-state index in [1.54, 1.807) is 0 Å². The molecule has 2 atom stereocenters. The van der Waals surface area contributed by atoms with E-state index in [0.29, 0.717) is 0 Å². The number of hydrogen-bond acceptors (Lipinski definition) is 4. The smallest absolute Gasteiger partial charge is 0.267 e. The van der Waals surface area contributed by atoms with E-state index in [-0.39, 0.29) is 12.3 Å². The second kappa shape index (κ2) is 29.9. The fraction of sp³-hybridized carbons (Fsp3) is 0.857. The first-order chi connectivity index (χ1) is 20.3. The van der Waals surface area contributed by atoms with Crippen molar-refractivity contribution in [2.75, 3.05) is 5.75 Å². The number of carbonyl (C=O) groups excluding carboxylic acids is 1. The Morgan fingerprint density at radius 2 is 1.02 bits per heavy atom. The summed E-state index contributed by atoms with van der Waals surface area (Å²) in [4.78, 5) is 12.3. The standard InChI is InChI=1S/C35H67NO5S/c1-3-5-7-9-11-13-14-15-16-17-18-19-20-21-22-23-24-26-28-30-34(37)33(32-42(39,40)41)36-35(38)31-29-27-25-12-10-8-6-4-2/h22-23,28,30,33-34,37H,3-21,24-27,29,31-32H2,1-2H3,(H,36,38)(H,39,40,41)/b23-22+,30-28+. The third kappa shape index (κ3) is 30.3. The van der Waals surface area contributed by atoms with Crippen LogP contribution in [0, 0.1) is 0 Å². The van der Waals surface area contributed by atoms with Gasteiger partial charge in [-0.1, -0.05) is 160 Å². The molecule has 0 saturated carbocycles. The molecule has 0 spiro atoms. The highest BCUT2D eigenvalue weighted by Crippen LogP contribution is 2.14. The Kier molecular flexibility index (Phi) is 29.0. The van der Waals surface area contributed by atoms with Crippen LogP contribution in [0.2, 0.25) is 0 Å². The lowest BCUT2D eigenvalue weighted by molar-refractivity contribution is -0.122. The normalized spacial score (nSPS) is 13.7. The molecule has 0 fully saturated rings. The quantitative estimate of drug-likeness (QED) is 0.0410. The first-order valence-electron chi connectivity index (χ1n) is 17.5. The third-order valence-electron chi connectivity index (χ3n) is 7.88. The van der Waals surface area contributed by atoms with Crippen LogP contribution in [0.4, 0.5) is 0 Å². The Morgan fingerprint density at radius 3 is 1.50 bits per heavy atom. The van der Waals surface area contributed by atoms with Crippen LogP contribution in [0.3, 0.4) is 0 Å². The largest absolute Gasteiger partial charge is 0.387 e. The topological polar surface area (TPSA) is 104 Å². The minimum Gasteiger partial charge on any atom is -0.387 e. The molecule has 248 valence electrons. The number of unbranched alkanes of at least 4 members (excludes halogenated alkanes) is 21. The van der Waals surface area contributed by atoms with Crippen LogP contribution in [-0.4, -0.2) is 41.9 Å². The summed E-state index contributed by atoms with van der Waals surface area (Å²) in [6, 6.07) is -1.07. The molecule has 0 saturated heterocycles. The van der Waals surface area contributed by atoms with E-state index < -0.39 is 28.0 Å². The highest BCUT2D eigenvalue weighted by molar-refractivity contribution is 7.85. The SMILES string of the molecule is CCCCCCCCCCCCCCC/C=C/CC/C=C/C(O)C(CS(=O)(=O)O)NC(=O)CCCCCCCCCC. The molecule has 6 nitrogen and oxygen atoms in total. The van der Waals surface area contributed by atoms with Crippen LogP contribution in [0.1, 0.15) is 174 Å². The molecule has 0 rings (SSSR count). The van der Waals surface area contributed by atoms with E-state index in [9.17, 15) is 22.9 Å². The molecular formula is C35H67NO5S. The van der Waals surface area contributed by atoms with E-state index in [1.165, 1.54) is 122 Å². The summed E-state index contributed by atoms with van der Waals surface area (Å²) in [5, 5.41) is 13.1. The van der Waals surface area contributed by atoms with Crippen LogP contribution in [0.5, 0.6) is 0 Å². The molecule has 0 radical (unpaired) electrons. The molecule has 0 heterocycles. The highest BCUT2D eigenvalue weighted by Gasteiger charge is 2.24. The highest BCUT2D eigenvalue weighted by atomic mass is 32.2. The van der Waals surface area contributed by atoms with Crippen LogP contribution < -0.4 is 5.32 Å². The minimum atomic E-state index is -4.34. The maximum absolute atomic E-state index is 12.3. The first kappa shape index (κ1) is 40.8. The van der Waals surface area contributed by atoms with Gasteiger partial charge in [0.1, 0.15) is 0 Å². The van der Waals surface area contributed by atoms with Crippen molar-refractivity contribution in [3.63, 3.8) is 0 Å². The molecule has 0 aromatic heterocycles. The molecule has 0 aromatic rings. The van der Waals surface area contributed by atoms with E-state index in [2.05, 4.69) is 31.3 Å². The molecule has 3 N–H and O–H groups in total. The Morgan fingerprint density at radius 1 is 0.619 bits per heavy atom. The molecule has 42 heavy (non-hydrogen) atoms. The molecule has 0 aliphatic heterocycles. The van der Waals surface area contributed by atoms with Gasteiger partial charge in [0.15, 0.2) is 0 Å². The fourth-order valence-corrected chi connectivity index (χ4v) is 5.96. The van der Waals surface area contributed by atoms with Crippen molar-refractivity contribution in [2.24, 2.45) is 0 Å². The van der Waals surface area contributed by atoms with E-state index in [0.717, 1.165) is 38.5 Å². The average molecular weight is 614 g/mol. The molecule has 7 heteroatoms. The average Bonchev–Trinajstić information content (AvgIpc) is 2.94. The van der Waals surface area contributed by atoms with Crippen molar-refractivity contribution in [1.82, 2.24) is 5.32 Å². The van der Waals surface area contributed by atoms with Gasteiger partial charge in [-0.15, -0.1) is 0 Å². The van der Waals surface area contributed by atoms with Crippen molar-refractivity contribution in [1.29, 1.82) is 0 Å². The number of rotatable bonds is 31. The van der Waals surface area contributed by atoms with Crippen molar-refractivity contribution in [3.05, 3.63) is 24.3 Å². The second-order valence-electron chi connectivity index (χ2n) is 12.1. The number of amides is 1. The van der Waals surface area contributed by atoms with Gasteiger partial charge in [-0.2, -0.15) is 8.42 Å². The lowest BCUT2D eigenvalue weighted by Crippen LogP contribution is -2.46. The van der Waals surface area contributed by atoms with Crippen molar-refractivity contribution >= 4 is 16.0 Å². The Bertz CT molecular complexity index is 765. The van der Waals surface area contributed by atoms with E-state index in [1.807, 2.05) is 6.08 Å². The molecule has 0 bridgehead atoms. The summed E-state index contributed by atoms with van der Waals surface area (Å²) in [6.45, 7) is 4.46. The monoisotopic (exact) mass is 613 g/mol. The minimum absolute atomic E-state index is 0.289. The summed E-state index contributed by atoms with van der Waals surface area (Å²) in [6.07, 6.45) is 36.1. The molecular weight excluding hydrogens is 546 g/mol. The van der Waals surface area contributed by atoms with Gasteiger partial charge in [-0.25, -0.2) is 0 Å². The molecule has 1 amide bonds. The van der Waals surface area contributed by atoms with Gasteiger partial charge < -0.3 is 10.4 Å². The van der Waals surface area contributed by atoms with Gasteiger partial charge in [-0.3, -0.25) is 9.35 Å². The summed E-state index contributed by atoms with van der Waals surface area (Å²) in [5.74, 6) is -1.00. The van der Waals surface area contributed by atoms with E-state index >= 15 is 0 Å². The number of allylic oxidation sites excluding steroid dienone is 3. The molecule has 0 aliphatic carbocycles. The van der Waals surface area contributed by atoms with Crippen molar-refractivity contribution in [3.8, 4) is 0 Å². The second-order valence-corrected chi connectivity index (χ2v) is 13.6. The Balaban J connectivity index is 3.98. The summed E-state index contributed by atoms with van der Waals surface area (Å²) >= 11 is 0. The maximum atomic E-state index is 12.3. The number of aliphatic hydroxyl groups is 1. The van der Waals surface area contributed by atoms with Gasteiger partial charge in [0.05, 0.1) is 17.9 Å². The number of carbonyl (C=O) groups is 1. The molecule has 2 unspecified atom stereocenters. The summed E-state index contributed by atoms with van der Waals surface area (Å²) < 4.78 is 32.2.